The number of ether oxygens (including phenoxy) is 1. The van der Waals surface area contributed by atoms with Crippen LogP contribution in [0.15, 0.2) is 11.4 Å². The van der Waals surface area contributed by atoms with Crippen molar-refractivity contribution in [2.75, 3.05) is 0 Å². The summed E-state index contributed by atoms with van der Waals surface area (Å²) in [6.07, 6.45) is 2.33. The summed E-state index contributed by atoms with van der Waals surface area (Å²) in [6.45, 7) is 6.09. The molecule has 2 aromatic heterocycles. The van der Waals surface area contributed by atoms with E-state index in [-0.39, 0.29) is 17.3 Å². The molecule has 0 N–H and O–H groups in total. The number of fused-ring (bicyclic) bond motifs is 1. The number of cyclic esters (lactones) is 1. The van der Waals surface area contributed by atoms with E-state index in [9.17, 15) is 4.79 Å². The number of hydrogen-bond donors (Lipinski definition) is 0. The van der Waals surface area contributed by atoms with E-state index in [2.05, 4.69) is 23.8 Å². The fourth-order valence-electron chi connectivity index (χ4n) is 2.19. The highest BCUT2D eigenvalue weighted by Gasteiger charge is 2.33. The molecule has 0 aliphatic carbocycles. The number of thiophene rings is 1. The second-order valence-corrected chi connectivity index (χ2v) is 7.13. The van der Waals surface area contributed by atoms with Crippen LogP contribution in [-0.2, 0) is 9.53 Å². The van der Waals surface area contributed by atoms with Crippen LogP contribution in [0.5, 0.6) is 0 Å². The van der Waals surface area contributed by atoms with Crippen LogP contribution in [0, 0.1) is 13.8 Å². The van der Waals surface area contributed by atoms with Crippen LogP contribution in [0.2, 0.25) is 0 Å². The molecule has 0 bridgehead atoms. The summed E-state index contributed by atoms with van der Waals surface area (Å²) in [5, 5.41) is 1.83. The van der Waals surface area contributed by atoms with E-state index in [0.29, 0.717) is 0 Å². The Morgan fingerprint density at radius 1 is 1.42 bits per heavy atom. The second-order valence-electron chi connectivity index (χ2n) is 4.73. The molecule has 1 aliphatic rings. The Labute approximate surface area is 119 Å². The van der Waals surface area contributed by atoms with Gasteiger partial charge in [-0.3, -0.25) is 4.79 Å². The van der Waals surface area contributed by atoms with Gasteiger partial charge < -0.3 is 4.74 Å². The summed E-state index contributed by atoms with van der Waals surface area (Å²) in [6, 6.07) is 0. The third-order valence-electron chi connectivity index (χ3n) is 3.31. The van der Waals surface area contributed by atoms with Crippen molar-refractivity contribution in [2.24, 2.45) is 0 Å². The van der Waals surface area contributed by atoms with Crippen molar-refractivity contribution in [1.82, 2.24) is 9.97 Å². The Morgan fingerprint density at radius 3 is 2.89 bits per heavy atom. The molecule has 0 saturated carbocycles. The van der Waals surface area contributed by atoms with E-state index in [0.717, 1.165) is 21.7 Å². The minimum Gasteiger partial charge on any atom is -0.462 e. The van der Waals surface area contributed by atoms with Crippen LogP contribution in [0.4, 0.5) is 0 Å². The lowest BCUT2D eigenvalue weighted by atomic mass is 10.2. The van der Waals surface area contributed by atoms with Crippen molar-refractivity contribution in [3.63, 3.8) is 0 Å². The first-order chi connectivity index (χ1) is 9.06. The lowest BCUT2D eigenvalue weighted by molar-refractivity contribution is -0.140. The van der Waals surface area contributed by atoms with E-state index in [4.69, 9.17) is 4.74 Å². The molecule has 1 saturated heterocycles. The largest absolute Gasteiger partial charge is 0.462 e. The molecule has 3 heterocycles. The first-order valence-corrected chi connectivity index (χ1v) is 7.83. The van der Waals surface area contributed by atoms with Crippen LogP contribution >= 0.6 is 23.1 Å². The number of rotatable bonds is 2. The van der Waals surface area contributed by atoms with Crippen LogP contribution in [0.25, 0.3) is 10.2 Å². The van der Waals surface area contributed by atoms with E-state index in [1.54, 1.807) is 17.7 Å². The average molecular weight is 294 g/mol. The molecule has 4 nitrogen and oxygen atoms in total. The van der Waals surface area contributed by atoms with Crippen LogP contribution in [-0.4, -0.2) is 27.3 Å². The first-order valence-electron chi connectivity index (χ1n) is 6.14. The van der Waals surface area contributed by atoms with Crippen molar-refractivity contribution in [3.8, 4) is 0 Å². The Morgan fingerprint density at radius 2 is 2.21 bits per heavy atom. The highest BCUT2D eigenvalue weighted by molar-refractivity contribution is 8.00. The Hall–Kier alpha value is -1.14. The fourth-order valence-corrected chi connectivity index (χ4v) is 4.52. The molecule has 6 heteroatoms. The fraction of sp³-hybridized carbons (Fsp3) is 0.462. The maximum Gasteiger partial charge on any atom is 0.319 e. The molecule has 0 spiro atoms. The molecular weight excluding hydrogens is 280 g/mol. The van der Waals surface area contributed by atoms with E-state index >= 15 is 0 Å². The van der Waals surface area contributed by atoms with E-state index in [1.165, 1.54) is 22.2 Å². The molecule has 1 fully saturated rings. The summed E-state index contributed by atoms with van der Waals surface area (Å²) in [7, 11) is 0. The molecule has 0 unspecified atom stereocenters. The van der Waals surface area contributed by atoms with Gasteiger partial charge in [0, 0.05) is 16.7 Å². The van der Waals surface area contributed by atoms with Gasteiger partial charge in [-0.2, -0.15) is 0 Å². The molecule has 2 aromatic rings. The minimum atomic E-state index is -0.146. The van der Waals surface area contributed by atoms with Crippen molar-refractivity contribution in [2.45, 2.75) is 43.6 Å². The molecule has 0 amide bonds. The normalized spacial score (nSPS) is 23.0. The average Bonchev–Trinajstić information content (AvgIpc) is 2.81. The third-order valence-corrected chi connectivity index (χ3v) is 5.63. The van der Waals surface area contributed by atoms with Gasteiger partial charge in [0.05, 0.1) is 0 Å². The SMILES string of the molecule is Cc1sc2ncnc(S[C@@H]3C[C@H](C)OC3=O)c2c1C. The van der Waals surface area contributed by atoms with Crippen molar-refractivity contribution in [1.29, 1.82) is 0 Å². The number of aromatic nitrogens is 2. The van der Waals surface area contributed by atoms with Crippen molar-refractivity contribution >= 4 is 39.3 Å². The zero-order valence-corrected chi connectivity index (χ0v) is 12.6. The van der Waals surface area contributed by atoms with Gasteiger partial charge in [0.25, 0.3) is 0 Å². The summed E-state index contributed by atoms with van der Waals surface area (Å²) >= 11 is 3.17. The standard InChI is InChI=1S/C13H14N2O2S2/c1-6-4-9(13(16)17-6)19-12-10-7(2)8(3)18-11(10)14-5-15-12/h5-6,9H,4H2,1-3H3/t6-,9+/m0/s1. The van der Waals surface area contributed by atoms with Crippen molar-refractivity contribution in [3.05, 3.63) is 16.8 Å². The lowest BCUT2D eigenvalue weighted by Crippen LogP contribution is -2.09. The predicted molar refractivity (Wildman–Crippen MR) is 76.7 cm³/mol. The summed E-state index contributed by atoms with van der Waals surface area (Å²) in [5.41, 5.74) is 1.21. The highest BCUT2D eigenvalue weighted by atomic mass is 32.2. The van der Waals surface area contributed by atoms with Gasteiger partial charge in [0.1, 0.15) is 27.5 Å². The zero-order valence-electron chi connectivity index (χ0n) is 11.0. The smallest absolute Gasteiger partial charge is 0.319 e. The Kier molecular flexibility index (Phi) is 3.22. The second kappa shape index (κ2) is 4.76. The molecular formula is C13H14N2O2S2. The lowest BCUT2D eigenvalue weighted by Gasteiger charge is -2.06. The highest BCUT2D eigenvalue weighted by Crippen LogP contribution is 2.38. The van der Waals surface area contributed by atoms with Gasteiger partial charge in [-0.1, -0.05) is 11.8 Å². The molecule has 100 valence electrons. The molecule has 19 heavy (non-hydrogen) atoms. The maximum absolute atomic E-state index is 11.7. The van der Waals surface area contributed by atoms with E-state index < -0.39 is 0 Å². The predicted octanol–water partition coefficient (Wildman–Crippen LogP) is 3.10. The summed E-state index contributed by atoms with van der Waals surface area (Å²) in [5.74, 6) is -0.131. The number of esters is 1. The number of carbonyl (C=O) groups excluding carboxylic acids is 1. The van der Waals surface area contributed by atoms with Gasteiger partial charge in [-0.25, -0.2) is 9.97 Å². The molecule has 2 atom stereocenters. The van der Waals surface area contributed by atoms with E-state index in [1.807, 2.05) is 6.92 Å². The van der Waals surface area contributed by atoms with Gasteiger partial charge in [-0.15, -0.1) is 11.3 Å². The Bertz CT molecular complexity index is 653. The van der Waals surface area contributed by atoms with Gasteiger partial charge >= 0.3 is 5.97 Å². The number of carbonyl (C=O) groups is 1. The Balaban J connectivity index is 1.99. The number of nitrogens with zero attached hydrogens (tertiary/aromatic N) is 2. The number of hydrogen-bond acceptors (Lipinski definition) is 6. The zero-order chi connectivity index (χ0) is 13.6. The van der Waals surface area contributed by atoms with Gasteiger partial charge in [-0.05, 0) is 26.3 Å². The van der Waals surface area contributed by atoms with Crippen LogP contribution < -0.4 is 0 Å². The van der Waals surface area contributed by atoms with Crippen LogP contribution in [0.3, 0.4) is 0 Å². The molecule has 1 aliphatic heterocycles. The quantitative estimate of drug-likeness (QED) is 0.629. The molecule has 0 radical (unpaired) electrons. The number of aryl methyl sites for hydroxylation is 2. The first kappa shape index (κ1) is 12.9. The summed E-state index contributed by atoms with van der Waals surface area (Å²) in [4.78, 5) is 22.6. The molecule has 3 rings (SSSR count). The maximum atomic E-state index is 11.7. The van der Waals surface area contributed by atoms with Gasteiger partial charge in [0.2, 0.25) is 0 Å². The summed E-state index contributed by atoms with van der Waals surface area (Å²) < 4.78 is 5.19. The monoisotopic (exact) mass is 294 g/mol. The van der Waals surface area contributed by atoms with Crippen LogP contribution in [0.1, 0.15) is 23.8 Å². The number of thioether (sulfide) groups is 1. The minimum absolute atomic E-state index is 0.00707. The molecule has 0 aromatic carbocycles. The van der Waals surface area contributed by atoms with Gasteiger partial charge in [0.15, 0.2) is 0 Å². The van der Waals surface area contributed by atoms with Crippen molar-refractivity contribution < 1.29 is 9.53 Å². The topological polar surface area (TPSA) is 52.1 Å². The third kappa shape index (κ3) is 2.23.